The molecule has 53 valence electrons. The maximum absolute atomic E-state index is 8.28. The molecule has 0 spiro atoms. The van der Waals surface area contributed by atoms with Crippen LogP contribution < -0.4 is 3.72 Å². The van der Waals surface area contributed by atoms with Gasteiger partial charge in [0, 0.05) is 0 Å². The van der Waals surface area contributed by atoms with Gasteiger partial charge in [-0.2, -0.15) is 0 Å². The second-order valence-electron chi connectivity index (χ2n) is 0.842. The van der Waals surface area contributed by atoms with E-state index in [1.165, 1.54) is 19.1 Å². The van der Waals surface area contributed by atoms with E-state index in [9.17, 15) is 0 Å². The quantitative estimate of drug-likeness (QED) is 0.401. The molecule has 0 heterocycles. The summed E-state index contributed by atoms with van der Waals surface area (Å²) in [6, 6.07) is 0. The Morgan fingerprint density at radius 1 is 0.900 bits per heavy atom. The molecule has 0 radical (unpaired) electrons. The Bertz CT molecular complexity index is 245. The Balaban J connectivity index is 4.66. The third kappa shape index (κ3) is 1.49. The van der Waals surface area contributed by atoms with Crippen LogP contribution in [-0.2, 0) is 17.4 Å². The third-order valence-electron chi connectivity index (χ3n) is 0.450. The van der Waals surface area contributed by atoms with Crippen molar-refractivity contribution in [1.29, 1.82) is 21.0 Å². The molecule has 0 atom stereocenters. The molecule has 0 aliphatic carbocycles. The first-order chi connectivity index (χ1) is 4.74. The van der Waals surface area contributed by atoms with Gasteiger partial charge in [0.05, 0.1) is 0 Å². The van der Waals surface area contributed by atoms with Crippen molar-refractivity contribution in [3.63, 3.8) is 0 Å². The average Bonchev–Trinajstić information content (AvgIpc) is 2.01. The van der Waals surface area contributed by atoms with Gasteiger partial charge in [-0.15, -0.1) is 0 Å². The van der Waals surface area contributed by atoms with Gasteiger partial charge in [-0.1, -0.05) is 0 Å². The molecule has 0 aliphatic heterocycles. The summed E-state index contributed by atoms with van der Waals surface area (Å²) in [5, 5.41) is 32.9. The second kappa shape index (κ2) is 3.51. The standard InChI is InChI=1S/CHN2.3CN.Au/c2-1-3;3*1-2;/h2H;;;;/q-1;;;;+1. The van der Waals surface area contributed by atoms with Crippen LogP contribution in [0.25, 0.3) is 0 Å². The van der Waals surface area contributed by atoms with Gasteiger partial charge < -0.3 is 0 Å². The van der Waals surface area contributed by atoms with Crippen LogP contribution in [0.5, 0.6) is 0 Å². The molecule has 10 heavy (non-hydrogen) atoms. The van der Waals surface area contributed by atoms with Crippen LogP contribution in [0.1, 0.15) is 0 Å². The fourth-order valence-corrected chi connectivity index (χ4v) is 1.20. The molecule has 0 bridgehead atoms. The first kappa shape index (κ1) is 8.50. The Morgan fingerprint density at radius 3 is 1.40 bits per heavy atom. The average molecular weight is 316 g/mol. The molecule has 0 aromatic carbocycles. The topological polar surface area (TPSA) is 107 Å². The van der Waals surface area contributed by atoms with Gasteiger partial charge in [0.15, 0.2) is 0 Å². The zero-order chi connectivity index (χ0) is 8.04. The molecule has 0 fully saturated rings. The van der Waals surface area contributed by atoms with Crippen LogP contribution in [0.15, 0.2) is 0 Å². The van der Waals surface area contributed by atoms with Crippen molar-refractivity contribution in [1.82, 2.24) is 3.72 Å². The van der Waals surface area contributed by atoms with Crippen LogP contribution in [-0.4, -0.2) is 0 Å². The fraction of sp³-hybridized carbons (Fsp3) is 0. The van der Waals surface area contributed by atoms with Crippen LogP contribution in [0.3, 0.4) is 0 Å². The molecule has 0 unspecified atom stereocenters. The number of nitriles is 4. The Labute approximate surface area is 61.5 Å². The summed E-state index contributed by atoms with van der Waals surface area (Å²) < 4.78 is 6.54. The molecular weight excluding hydrogens is 315 g/mol. The molecule has 5 nitrogen and oxygen atoms in total. The molecule has 0 aromatic rings. The summed E-state index contributed by atoms with van der Waals surface area (Å²) in [6.45, 7) is 0. The fourth-order valence-electron chi connectivity index (χ4n) is 0.146. The number of hydrogen-bond donors (Lipinski definition) is 1. The summed E-state index contributed by atoms with van der Waals surface area (Å²) in [5.41, 5.74) is 0. The molecule has 0 amide bonds. The van der Waals surface area contributed by atoms with Crippen LogP contribution >= 0.6 is 0 Å². The predicted octanol–water partition coefficient (Wildman–Crippen LogP) is -0.431. The van der Waals surface area contributed by atoms with E-state index in [1.54, 1.807) is 0 Å². The van der Waals surface area contributed by atoms with Crippen LogP contribution in [0.4, 0.5) is 0 Å². The predicted molar refractivity (Wildman–Crippen MR) is 25.6 cm³/mol. The SMILES string of the molecule is N#C[NH][Au]([C]#N)([C]#N)[C]#N. The number of nitrogens with one attached hydrogen (secondary N) is 1. The van der Waals surface area contributed by atoms with Gasteiger partial charge in [-0.25, -0.2) is 0 Å². The van der Waals surface area contributed by atoms with E-state index >= 15 is 0 Å². The maximum atomic E-state index is 8.28. The number of nitrogens with zero attached hydrogens (tertiary/aromatic N) is 4. The molecule has 0 saturated heterocycles. The van der Waals surface area contributed by atoms with Crippen LogP contribution in [0, 0.1) is 40.1 Å². The normalized spacial score (nSPS) is 9.20. The third-order valence-corrected chi connectivity index (χ3v) is 3.68. The number of hydrogen-bond acceptors (Lipinski definition) is 5. The monoisotopic (exact) mass is 316 g/mol. The molecule has 0 saturated carbocycles. The molecule has 0 aliphatic rings. The summed E-state index contributed by atoms with van der Waals surface area (Å²) >= 11 is -3.76. The zero-order valence-corrected chi connectivity index (χ0v) is 6.76. The van der Waals surface area contributed by atoms with Crippen molar-refractivity contribution in [3.05, 3.63) is 0 Å². The van der Waals surface area contributed by atoms with Crippen molar-refractivity contribution < 1.29 is 17.4 Å². The van der Waals surface area contributed by atoms with E-state index < -0.39 is 17.4 Å². The van der Waals surface area contributed by atoms with Crippen LogP contribution in [0.2, 0.25) is 0 Å². The van der Waals surface area contributed by atoms with Gasteiger partial charge in [0.25, 0.3) is 0 Å². The Hall–Kier alpha value is -1.50. The van der Waals surface area contributed by atoms with Gasteiger partial charge in [-0.3, -0.25) is 0 Å². The van der Waals surface area contributed by atoms with E-state index in [0.717, 1.165) is 0 Å². The van der Waals surface area contributed by atoms with E-state index in [2.05, 4.69) is 0 Å². The van der Waals surface area contributed by atoms with Gasteiger partial charge in [0.2, 0.25) is 0 Å². The Kier molecular flexibility index (Phi) is 2.98. The molecule has 0 rings (SSSR count). The summed E-state index contributed by atoms with van der Waals surface area (Å²) in [4.78, 5) is 0. The zero-order valence-electron chi connectivity index (χ0n) is 4.59. The molecule has 6 heteroatoms. The van der Waals surface area contributed by atoms with Crippen molar-refractivity contribution in [3.8, 4) is 19.1 Å². The molecular formula is C4HAuN5. The first-order valence-corrected chi connectivity index (χ1v) is 6.08. The van der Waals surface area contributed by atoms with Crippen molar-refractivity contribution in [2.75, 3.05) is 0 Å². The molecule has 0 aromatic heterocycles. The number of rotatable bonds is 1. The van der Waals surface area contributed by atoms with E-state index in [-0.39, 0.29) is 0 Å². The minimum atomic E-state index is -3.76. The van der Waals surface area contributed by atoms with E-state index in [1.807, 2.05) is 3.72 Å². The summed E-state index contributed by atoms with van der Waals surface area (Å²) in [6.07, 6.45) is 1.42. The van der Waals surface area contributed by atoms with Crippen molar-refractivity contribution >= 4 is 0 Å². The van der Waals surface area contributed by atoms with Gasteiger partial charge >= 0.3 is 61.2 Å². The summed E-state index contributed by atoms with van der Waals surface area (Å²) in [5.74, 6) is 0. The van der Waals surface area contributed by atoms with Crippen molar-refractivity contribution in [2.24, 2.45) is 0 Å². The van der Waals surface area contributed by atoms with E-state index in [0.29, 0.717) is 0 Å². The second-order valence-corrected chi connectivity index (χ2v) is 6.09. The van der Waals surface area contributed by atoms with E-state index in [4.69, 9.17) is 21.0 Å². The molecule has 1 N–H and O–H groups in total. The Morgan fingerprint density at radius 2 is 1.30 bits per heavy atom. The minimum absolute atomic E-state index is 1.42. The van der Waals surface area contributed by atoms with Gasteiger partial charge in [0.1, 0.15) is 0 Å². The van der Waals surface area contributed by atoms with Crippen molar-refractivity contribution in [2.45, 2.75) is 0 Å². The van der Waals surface area contributed by atoms with Gasteiger partial charge in [-0.05, 0) is 0 Å². The first-order valence-electron chi connectivity index (χ1n) is 1.75. The summed E-state index contributed by atoms with van der Waals surface area (Å²) in [7, 11) is 0.